The Hall–Kier alpha value is -2.21. The molecule has 23 heavy (non-hydrogen) atoms. The highest BCUT2D eigenvalue weighted by Crippen LogP contribution is 2.29. The van der Waals surface area contributed by atoms with E-state index in [1.54, 1.807) is 17.3 Å². The molecule has 0 radical (unpaired) electrons. The maximum atomic E-state index is 12.9. The average Bonchev–Trinajstić information content (AvgIpc) is 3.24. The second-order valence-corrected chi connectivity index (χ2v) is 6.18. The quantitative estimate of drug-likeness (QED) is 0.846. The van der Waals surface area contributed by atoms with E-state index < -0.39 is 0 Å². The zero-order valence-electron chi connectivity index (χ0n) is 12.6. The highest BCUT2D eigenvalue weighted by Gasteiger charge is 2.29. The number of hydrogen-bond acceptors (Lipinski definition) is 5. The fraction of sp³-hybridized carbons (Fsp3) is 0.375. The Balaban J connectivity index is 1.67. The first-order valence-electron chi connectivity index (χ1n) is 7.76. The van der Waals surface area contributed by atoms with Crippen molar-refractivity contribution in [2.45, 2.75) is 19.3 Å². The van der Waals surface area contributed by atoms with Crippen LogP contribution in [0.1, 0.15) is 28.9 Å². The summed E-state index contributed by atoms with van der Waals surface area (Å²) in [6, 6.07) is 1.94. The summed E-state index contributed by atoms with van der Waals surface area (Å²) in [6.07, 6.45) is 8.06. The zero-order chi connectivity index (χ0) is 15.8. The molecule has 0 saturated carbocycles. The minimum absolute atomic E-state index is 0.190. The van der Waals surface area contributed by atoms with Crippen molar-refractivity contribution >= 4 is 29.1 Å². The smallest absolute Gasteiger partial charge is 0.278 e. The molecule has 0 atom stereocenters. The first kappa shape index (κ1) is 14.4. The Morgan fingerprint density at radius 1 is 1.17 bits per heavy atom. The van der Waals surface area contributed by atoms with Gasteiger partial charge in [0.25, 0.3) is 5.91 Å². The third-order valence-electron chi connectivity index (χ3n) is 4.35. The van der Waals surface area contributed by atoms with E-state index in [1.165, 1.54) is 6.20 Å². The molecule has 0 spiro atoms. The fourth-order valence-corrected chi connectivity index (χ4v) is 3.31. The van der Waals surface area contributed by atoms with Gasteiger partial charge in [0, 0.05) is 25.8 Å². The lowest BCUT2D eigenvalue weighted by molar-refractivity contribution is 0.0984. The Morgan fingerprint density at radius 2 is 2.00 bits per heavy atom. The van der Waals surface area contributed by atoms with Gasteiger partial charge in [0.1, 0.15) is 0 Å². The lowest BCUT2D eigenvalue weighted by Crippen LogP contribution is -2.31. The van der Waals surface area contributed by atoms with Crippen molar-refractivity contribution in [2.75, 3.05) is 29.4 Å². The summed E-state index contributed by atoms with van der Waals surface area (Å²) in [5.74, 6) is 0.394. The lowest BCUT2D eigenvalue weighted by atomic mass is 10.2. The summed E-state index contributed by atoms with van der Waals surface area (Å²) in [5, 5.41) is 0.287. The SMILES string of the molecule is O=C(c1nc(N2CCCC2)ncc1Cl)N1CCc2ccncc21. The van der Waals surface area contributed by atoms with Crippen molar-refractivity contribution in [1.82, 2.24) is 15.0 Å². The van der Waals surface area contributed by atoms with E-state index in [0.717, 1.165) is 43.6 Å². The number of carbonyl (C=O) groups is 1. The van der Waals surface area contributed by atoms with Crippen LogP contribution in [-0.2, 0) is 6.42 Å². The van der Waals surface area contributed by atoms with Crippen molar-refractivity contribution in [2.24, 2.45) is 0 Å². The first-order valence-corrected chi connectivity index (χ1v) is 8.14. The fourth-order valence-electron chi connectivity index (χ4n) is 3.14. The van der Waals surface area contributed by atoms with Gasteiger partial charge in [-0.3, -0.25) is 9.78 Å². The summed E-state index contributed by atoms with van der Waals surface area (Å²) in [5.41, 5.74) is 2.23. The van der Waals surface area contributed by atoms with Crippen LogP contribution < -0.4 is 9.80 Å². The van der Waals surface area contributed by atoms with Crippen LogP contribution in [0.3, 0.4) is 0 Å². The van der Waals surface area contributed by atoms with Gasteiger partial charge in [-0.05, 0) is 30.9 Å². The summed E-state index contributed by atoms with van der Waals surface area (Å²) in [6.45, 7) is 2.47. The van der Waals surface area contributed by atoms with Crippen LogP contribution in [0.4, 0.5) is 11.6 Å². The predicted molar refractivity (Wildman–Crippen MR) is 88.1 cm³/mol. The minimum Gasteiger partial charge on any atom is -0.341 e. The largest absolute Gasteiger partial charge is 0.341 e. The average molecular weight is 330 g/mol. The van der Waals surface area contributed by atoms with Gasteiger partial charge >= 0.3 is 0 Å². The molecular formula is C16H16ClN5O. The molecule has 0 unspecified atom stereocenters. The summed E-state index contributed by atoms with van der Waals surface area (Å²) in [7, 11) is 0. The molecule has 0 N–H and O–H groups in total. The van der Waals surface area contributed by atoms with E-state index in [1.807, 2.05) is 6.07 Å². The van der Waals surface area contributed by atoms with Crippen molar-refractivity contribution in [1.29, 1.82) is 0 Å². The molecule has 2 aliphatic rings. The third-order valence-corrected chi connectivity index (χ3v) is 4.63. The van der Waals surface area contributed by atoms with E-state index in [-0.39, 0.29) is 16.6 Å². The van der Waals surface area contributed by atoms with Crippen LogP contribution in [0.5, 0.6) is 0 Å². The number of amides is 1. The molecule has 0 aromatic carbocycles. The number of hydrogen-bond donors (Lipinski definition) is 0. The van der Waals surface area contributed by atoms with Crippen molar-refractivity contribution in [3.8, 4) is 0 Å². The molecule has 6 nitrogen and oxygen atoms in total. The Labute approximate surface area is 139 Å². The number of carbonyl (C=O) groups excluding carboxylic acids is 1. The lowest BCUT2D eigenvalue weighted by Gasteiger charge is -2.19. The number of rotatable bonds is 2. The van der Waals surface area contributed by atoms with E-state index >= 15 is 0 Å². The van der Waals surface area contributed by atoms with Gasteiger partial charge in [-0.25, -0.2) is 9.97 Å². The van der Waals surface area contributed by atoms with E-state index in [9.17, 15) is 4.79 Å². The zero-order valence-corrected chi connectivity index (χ0v) is 13.3. The van der Waals surface area contributed by atoms with Crippen molar-refractivity contribution in [3.63, 3.8) is 0 Å². The maximum absolute atomic E-state index is 12.9. The van der Waals surface area contributed by atoms with Crippen LogP contribution in [-0.4, -0.2) is 40.5 Å². The molecule has 2 aliphatic heterocycles. The molecule has 4 heterocycles. The number of halogens is 1. The van der Waals surface area contributed by atoms with Gasteiger partial charge in [0.05, 0.1) is 23.1 Å². The van der Waals surface area contributed by atoms with Gasteiger partial charge in [-0.15, -0.1) is 0 Å². The van der Waals surface area contributed by atoms with Crippen LogP contribution in [0.15, 0.2) is 24.7 Å². The van der Waals surface area contributed by atoms with Crippen LogP contribution >= 0.6 is 11.6 Å². The highest BCUT2D eigenvalue weighted by molar-refractivity contribution is 6.34. The summed E-state index contributed by atoms with van der Waals surface area (Å²) in [4.78, 5) is 29.5. The normalized spacial score (nSPS) is 16.7. The molecule has 0 bridgehead atoms. The second kappa shape index (κ2) is 5.77. The first-order chi connectivity index (χ1) is 11.2. The predicted octanol–water partition coefficient (Wildman–Crippen LogP) is 2.33. The third kappa shape index (κ3) is 2.53. The van der Waals surface area contributed by atoms with Gasteiger partial charge in [0.15, 0.2) is 5.69 Å². The standard InChI is InChI=1S/C16H16ClN5O/c17-12-9-19-16(21-6-1-2-7-21)20-14(12)15(23)22-8-4-11-3-5-18-10-13(11)22/h3,5,9-10H,1-2,4,6-8H2. The van der Waals surface area contributed by atoms with Gasteiger partial charge in [-0.2, -0.15) is 0 Å². The number of nitrogens with zero attached hydrogens (tertiary/aromatic N) is 5. The maximum Gasteiger partial charge on any atom is 0.278 e. The van der Waals surface area contributed by atoms with Crippen LogP contribution in [0.2, 0.25) is 5.02 Å². The molecule has 1 amide bonds. The summed E-state index contributed by atoms with van der Waals surface area (Å²) < 4.78 is 0. The molecular weight excluding hydrogens is 314 g/mol. The van der Waals surface area contributed by atoms with Gasteiger partial charge in [-0.1, -0.05) is 11.6 Å². The monoisotopic (exact) mass is 329 g/mol. The van der Waals surface area contributed by atoms with E-state index in [2.05, 4.69) is 19.9 Å². The molecule has 2 aromatic rings. The van der Waals surface area contributed by atoms with Gasteiger partial charge in [0.2, 0.25) is 5.95 Å². The minimum atomic E-state index is -0.190. The van der Waals surface area contributed by atoms with Crippen molar-refractivity contribution < 1.29 is 4.79 Å². The summed E-state index contributed by atoms with van der Waals surface area (Å²) >= 11 is 6.20. The molecule has 2 aromatic heterocycles. The number of pyridine rings is 1. The highest BCUT2D eigenvalue weighted by atomic mass is 35.5. The molecule has 118 valence electrons. The Bertz CT molecular complexity index is 760. The molecule has 4 rings (SSSR count). The topological polar surface area (TPSA) is 62.2 Å². The molecule has 1 fully saturated rings. The second-order valence-electron chi connectivity index (χ2n) is 5.77. The number of fused-ring (bicyclic) bond motifs is 1. The molecule has 1 saturated heterocycles. The Kier molecular flexibility index (Phi) is 3.61. The molecule has 7 heteroatoms. The van der Waals surface area contributed by atoms with E-state index in [4.69, 9.17) is 11.6 Å². The Morgan fingerprint density at radius 3 is 2.83 bits per heavy atom. The van der Waals surface area contributed by atoms with Crippen molar-refractivity contribution in [3.05, 3.63) is 40.9 Å². The van der Waals surface area contributed by atoms with Gasteiger partial charge < -0.3 is 9.80 Å². The number of aromatic nitrogens is 3. The number of anilines is 2. The van der Waals surface area contributed by atoms with Crippen LogP contribution in [0.25, 0.3) is 0 Å². The van der Waals surface area contributed by atoms with E-state index in [0.29, 0.717) is 12.5 Å². The molecule has 0 aliphatic carbocycles. The van der Waals surface area contributed by atoms with Crippen LogP contribution in [0, 0.1) is 0 Å².